The number of ether oxygens (including phenoxy) is 2. The molecule has 0 aromatic heterocycles. The molecule has 0 saturated heterocycles. The average Bonchev–Trinajstić information content (AvgIpc) is 3.59. The lowest BCUT2D eigenvalue weighted by molar-refractivity contribution is 0.0587. The molecule has 1 amide bonds. The third kappa shape index (κ3) is 4.02. The van der Waals surface area contributed by atoms with Crippen molar-refractivity contribution in [1.82, 2.24) is 0 Å². The molecule has 3 aliphatic rings. The highest BCUT2D eigenvalue weighted by molar-refractivity contribution is 6.09. The van der Waals surface area contributed by atoms with Crippen molar-refractivity contribution < 1.29 is 23.9 Å². The van der Waals surface area contributed by atoms with Crippen molar-refractivity contribution in [3.63, 3.8) is 0 Å². The molecule has 6 rings (SSSR count). The predicted octanol–water partition coefficient (Wildman–Crippen LogP) is 5.81. The van der Waals surface area contributed by atoms with Gasteiger partial charge in [0.15, 0.2) is 0 Å². The molecule has 3 aromatic rings. The van der Waals surface area contributed by atoms with E-state index in [1.54, 1.807) is 6.07 Å². The Morgan fingerprint density at radius 2 is 1.58 bits per heavy atom. The Kier molecular flexibility index (Phi) is 6.14. The van der Waals surface area contributed by atoms with Gasteiger partial charge in [-0.3, -0.25) is 4.79 Å². The van der Waals surface area contributed by atoms with E-state index in [1.807, 2.05) is 12.1 Å². The number of hydrogen-bond donors (Lipinski definition) is 2. The van der Waals surface area contributed by atoms with Crippen LogP contribution < -0.4 is 10.6 Å². The summed E-state index contributed by atoms with van der Waals surface area (Å²) in [6.45, 7) is 0. The van der Waals surface area contributed by atoms with Gasteiger partial charge in [0, 0.05) is 11.3 Å². The number of benzene rings is 3. The van der Waals surface area contributed by atoms with Crippen molar-refractivity contribution in [3.05, 3.63) is 94.5 Å². The second-order valence-corrected chi connectivity index (χ2v) is 10.5. The lowest BCUT2D eigenvalue weighted by Crippen LogP contribution is -2.35. The molecule has 7 heteroatoms. The minimum absolute atomic E-state index is 0.159. The Morgan fingerprint density at radius 1 is 0.842 bits per heavy atom. The molecule has 1 heterocycles. The Bertz CT molecular complexity index is 1420. The third-order valence-corrected chi connectivity index (χ3v) is 8.60. The van der Waals surface area contributed by atoms with Crippen LogP contribution in [0.4, 0.5) is 11.4 Å². The van der Waals surface area contributed by atoms with Crippen LogP contribution in [0.1, 0.15) is 73.4 Å². The molecule has 1 aliphatic heterocycles. The molecule has 0 radical (unpaired) electrons. The number of carbonyl (C=O) groups excluding carboxylic acids is 3. The van der Waals surface area contributed by atoms with Gasteiger partial charge in [0.1, 0.15) is 0 Å². The second kappa shape index (κ2) is 9.63. The summed E-state index contributed by atoms with van der Waals surface area (Å²) in [7, 11) is 2.55. The van der Waals surface area contributed by atoms with Crippen LogP contribution in [0.15, 0.2) is 66.7 Å². The van der Waals surface area contributed by atoms with Crippen LogP contribution >= 0.6 is 0 Å². The van der Waals surface area contributed by atoms with E-state index in [-0.39, 0.29) is 28.8 Å². The lowest BCUT2D eigenvalue weighted by Gasteiger charge is -2.43. The molecular formula is C31H30N2O5. The number of fused-ring (bicyclic) bond motifs is 7. The van der Waals surface area contributed by atoms with Gasteiger partial charge in [-0.25, -0.2) is 9.59 Å². The van der Waals surface area contributed by atoms with Crippen molar-refractivity contribution in [1.29, 1.82) is 0 Å². The Hall–Kier alpha value is -4.13. The van der Waals surface area contributed by atoms with E-state index in [0.717, 1.165) is 5.69 Å². The van der Waals surface area contributed by atoms with E-state index in [1.165, 1.54) is 62.8 Å². The molecule has 38 heavy (non-hydrogen) atoms. The SMILES string of the molecule is COC(=O)c1ccc(C(=O)OC)c(NC(=O)c2ccc3c(c2)[C@@H]2[C@H]4CC[C@@H](C4)[C@@H]2[C@H](c2ccccc2)N3)c1. The van der Waals surface area contributed by atoms with Crippen LogP contribution in [-0.4, -0.2) is 32.1 Å². The highest BCUT2D eigenvalue weighted by atomic mass is 16.5. The number of carbonyl (C=O) groups is 3. The normalized spacial score (nSPS) is 24.5. The molecule has 2 bridgehead atoms. The zero-order chi connectivity index (χ0) is 26.4. The number of amides is 1. The summed E-state index contributed by atoms with van der Waals surface area (Å²) in [6, 6.07) is 21.1. The van der Waals surface area contributed by atoms with Crippen LogP contribution in [0, 0.1) is 17.8 Å². The molecule has 0 spiro atoms. The van der Waals surface area contributed by atoms with E-state index < -0.39 is 11.9 Å². The minimum Gasteiger partial charge on any atom is -0.465 e. The van der Waals surface area contributed by atoms with Gasteiger partial charge in [0.2, 0.25) is 0 Å². The van der Waals surface area contributed by atoms with Gasteiger partial charge < -0.3 is 20.1 Å². The number of nitrogens with one attached hydrogen (secondary N) is 2. The van der Waals surface area contributed by atoms with Crippen molar-refractivity contribution in [2.75, 3.05) is 24.9 Å². The first-order chi connectivity index (χ1) is 18.5. The van der Waals surface area contributed by atoms with E-state index in [2.05, 4.69) is 41.0 Å². The molecule has 3 aromatic carbocycles. The molecule has 2 fully saturated rings. The maximum atomic E-state index is 13.5. The maximum Gasteiger partial charge on any atom is 0.339 e. The van der Waals surface area contributed by atoms with Crippen LogP contribution in [0.5, 0.6) is 0 Å². The van der Waals surface area contributed by atoms with E-state index in [4.69, 9.17) is 9.47 Å². The van der Waals surface area contributed by atoms with Crippen molar-refractivity contribution in [2.24, 2.45) is 17.8 Å². The van der Waals surface area contributed by atoms with Crippen LogP contribution in [0.25, 0.3) is 0 Å². The van der Waals surface area contributed by atoms with Gasteiger partial charge in [-0.2, -0.15) is 0 Å². The number of hydrogen-bond acceptors (Lipinski definition) is 6. The van der Waals surface area contributed by atoms with Crippen molar-refractivity contribution >= 4 is 29.2 Å². The molecular weight excluding hydrogens is 480 g/mol. The average molecular weight is 511 g/mol. The molecule has 2 N–H and O–H groups in total. The van der Waals surface area contributed by atoms with Crippen molar-refractivity contribution in [2.45, 2.75) is 31.2 Å². The fourth-order valence-electron chi connectivity index (χ4n) is 6.99. The van der Waals surface area contributed by atoms with Gasteiger partial charge in [-0.05, 0) is 90.5 Å². The molecule has 5 atom stereocenters. The summed E-state index contributed by atoms with van der Waals surface area (Å²) < 4.78 is 9.67. The van der Waals surface area contributed by atoms with Gasteiger partial charge in [0.25, 0.3) is 5.91 Å². The molecule has 2 saturated carbocycles. The Labute approximate surface area is 221 Å². The van der Waals surface area contributed by atoms with Gasteiger partial charge >= 0.3 is 11.9 Å². The van der Waals surface area contributed by atoms with Gasteiger partial charge in [-0.15, -0.1) is 0 Å². The number of esters is 2. The highest BCUT2D eigenvalue weighted by Gasteiger charge is 2.53. The smallest absolute Gasteiger partial charge is 0.339 e. The topological polar surface area (TPSA) is 93.7 Å². The summed E-state index contributed by atoms with van der Waals surface area (Å²) in [6.07, 6.45) is 3.73. The molecule has 194 valence electrons. The first-order valence-corrected chi connectivity index (χ1v) is 13.1. The molecule has 0 unspecified atom stereocenters. The summed E-state index contributed by atoms with van der Waals surface area (Å²) in [5.41, 5.74) is 4.66. The van der Waals surface area contributed by atoms with Crippen LogP contribution in [-0.2, 0) is 9.47 Å². The largest absolute Gasteiger partial charge is 0.465 e. The quantitative estimate of drug-likeness (QED) is 0.421. The predicted molar refractivity (Wildman–Crippen MR) is 143 cm³/mol. The molecule has 2 aliphatic carbocycles. The maximum absolute atomic E-state index is 13.5. The van der Waals surface area contributed by atoms with Gasteiger partial charge in [-0.1, -0.05) is 30.3 Å². The van der Waals surface area contributed by atoms with Crippen LogP contribution in [0.3, 0.4) is 0 Å². The first kappa shape index (κ1) is 24.2. The zero-order valence-electron chi connectivity index (χ0n) is 21.4. The summed E-state index contributed by atoms with van der Waals surface area (Å²) >= 11 is 0. The standard InChI is InChI=1S/C31H30N2O5/c1-37-30(35)21-10-12-22(31(36)38-2)25(16-21)33-29(34)20-11-13-24-23(15-20)26-18-8-9-19(14-18)27(26)28(32-24)17-6-4-3-5-7-17/h3-7,10-13,15-16,18-19,26-28,32H,8-9,14H2,1-2H3,(H,33,34)/t18-,19-,26-,27-,28-/m0/s1. The fourth-order valence-corrected chi connectivity index (χ4v) is 6.99. The van der Waals surface area contributed by atoms with E-state index >= 15 is 0 Å². The fraction of sp³-hybridized carbons (Fsp3) is 0.323. The monoisotopic (exact) mass is 510 g/mol. The third-order valence-electron chi connectivity index (χ3n) is 8.60. The number of rotatable bonds is 5. The van der Waals surface area contributed by atoms with Crippen molar-refractivity contribution in [3.8, 4) is 0 Å². The Morgan fingerprint density at radius 3 is 2.34 bits per heavy atom. The molecule has 7 nitrogen and oxygen atoms in total. The first-order valence-electron chi connectivity index (χ1n) is 13.1. The van der Waals surface area contributed by atoms with E-state index in [0.29, 0.717) is 29.2 Å². The summed E-state index contributed by atoms with van der Waals surface area (Å²) in [5, 5.41) is 6.63. The van der Waals surface area contributed by atoms with Crippen LogP contribution in [0.2, 0.25) is 0 Å². The highest BCUT2D eigenvalue weighted by Crippen LogP contribution is 2.63. The van der Waals surface area contributed by atoms with E-state index in [9.17, 15) is 14.4 Å². The summed E-state index contributed by atoms with van der Waals surface area (Å²) in [5.74, 6) is 0.663. The summed E-state index contributed by atoms with van der Waals surface area (Å²) in [4.78, 5) is 37.9. The van der Waals surface area contributed by atoms with Gasteiger partial charge in [0.05, 0.1) is 37.1 Å². The lowest BCUT2D eigenvalue weighted by atomic mass is 9.68. The minimum atomic E-state index is -0.608. The zero-order valence-corrected chi connectivity index (χ0v) is 21.4. The number of anilines is 2. The number of methoxy groups -OCH3 is 2. The second-order valence-electron chi connectivity index (χ2n) is 10.5. The Balaban J connectivity index is 1.33.